The first-order valence-electron chi connectivity index (χ1n) is 9.91. The van der Waals surface area contributed by atoms with Crippen LogP contribution >= 0.6 is 0 Å². The van der Waals surface area contributed by atoms with Gasteiger partial charge >= 0.3 is 5.97 Å². The van der Waals surface area contributed by atoms with Gasteiger partial charge in [0.25, 0.3) is 0 Å². The lowest BCUT2D eigenvalue weighted by atomic mass is 10.1. The molecule has 1 saturated heterocycles. The minimum Gasteiger partial charge on any atom is -0.480 e. The molecule has 7 nitrogen and oxygen atoms in total. The number of likely N-dealkylation sites (tertiary alicyclic amines) is 1. The van der Waals surface area contributed by atoms with Crippen LogP contribution in [0.4, 0.5) is 0 Å². The van der Waals surface area contributed by atoms with E-state index >= 15 is 0 Å². The van der Waals surface area contributed by atoms with Crippen molar-refractivity contribution in [3.05, 3.63) is 17.0 Å². The van der Waals surface area contributed by atoms with E-state index in [0.717, 1.165) is 49.3 Å². The molecule has 1 unspecified atom stereocenters. The van der Waals surface area contributed by atoms with Crippen LogP contribution in [-0.2, 0) is 22.6 Å². The Bertz CT molecular complexity index is 668. The predicted molar refractivity (Wildman–Crippen MR) is 105 cm³/mol. The van der Waals surface area contributed by atoms with Gasteiger partial charge in [0.2, 0.25) is 5.91 Å². The van der Waals surface area contributed by atoms with E-state index in [2.05, 4.69) is 18.9 Å². The van der Waals surface area contributed by atoms with Gasteiger partial charge in [0.15, 0.2) is 0 Å². The molecule has 7 heteroatoms. The average Bonchev–Trinajstić information content (AvgIpc) is 2.77. The molecule has 1 atom stereocenters. The minimum absolute atomic E-state index is 0.0477. The topological polar surface area (TPSA) is 78.7 Å². The van der Waals surface area contributed by atoms with E-state index in [0.29, 0.717) is 18.9 Å². The summed E-state index contributed by atoms with van der Waals surface area (Å²) in [5, 5.41) is 13.6. The van der Waals surface area contributed by atoms with Gasteiger partial charge in [0.1, 0.15) is 0 Å². The second kappa shape index (κ2) is 9.35. The molecule has 152 valence electrons. The van der Waals surface area contributed by atoms with Crippen molar-refractivity contribution < 1.29 is 14.7 Å². The zero-order valence-corrected chi connectivity index (χ0v) is 17.4. The first kappa shape index (κ1) is 21.4. The standard InChI is InChI=1S/C20H34N4O3/c1-14(2)12-24-16(4)18(15(3)21-24)11-19(25)23-9-6-7-17(8-10-23)22(5)13-20(26)27/h14,17H,6-13H2,1-5H3,(H,26,27). The Morgan fingerprint density at radius 3 is 2.59 bits per heavy atom. The maximum atomic E-state index is 12.9. The van der Waals surface area contributed by atoms with Gasteiger partial charge in [0.05, 0.1) is 18.7 Å². The molecule has 0 radical (unpaired) electrons. The highest BCUT2D eigenvalue weighted by atomic mass is 16.4. The lowest BCUT2D eigenvalue weighted by Crippen LogP contribution is -2.37. The predicted octanol–water partition coefficient (Wildman–Crippen LogP) is 2.10. The quantitative estimate of drug-likeness (QED) is 0.786. The van der Waals surface area contributed by atoms with Gasteiger partial charge in [-0.3, -0.25) is 19.2 Å². The Morgan fingerprint density at radius 2 is 1.96 bits per heavy atom. The third-order valence-electron chi connectivity index (χ3n) is 5.46. The van der Waals surface area contributed by atoms with Crippen LogP contribution in [0.15, 0.2) is 0 Å². The molecule has 1 N–H and O–H groups in total. The maximum Gasteiger partial charge on any atom is 0.317 e. The third kappa shape index (κ3) is 5.79. The number of carbonyl (C=O) groups is 2. The summed E-state index contributed by atoms with van der Waals surface area (Å²) < 4.78 is 2.02. The molecule has 0 saturated carbocycles. The lowest BCUT2D eigenvalue weighted by Gasteiger charge is -2.25. The summed E-state index contributed by atoms with van der Waals surface area (Å²) in [6.07, 6.45) is 3.05. The average molecular weight is 379 g/mol. The van der Waals surface area contributed by atoms with Crippen molar-refractivity contribution in [2.45, 2.75) is 66.0 Å². The number of carboxylic acids is 1. The summed E-state index contributed by atoms with van der Waals surface area (Å²) in [4.78, 5) is 27.7. The highest BCUT2D eigenvalue weighted by molar-refractivity contribution is 5.79. The molecular weight excluding hydrogens is 344 g/mol. The van der Waals surface area contributed by atoms with Crippen LogP contribution in [0, 0.1) is 19.8 Å². The van der Waals surface area contributed by atoms with Gasteiger partial charge in [-0.15, -0.1) is 0 Å². The Morgan fingerprint density at radius 1 is 1.26 bits per heavy atom. The monoisotopic (exact) mass is 378 g/mol. The van der Waals surface area contributed by atoms with Gasteiger partial charge in [-0.25, -0.2) is 0 Å². The molecule has 1 aromatic rings. The summed E-state index contributed by atoms with van der Waals surface area (Å²) in [6.45, 7) is 10.7. The van der Waals surface area contributed by atoms with E-state index in [1.54, 1.807) is 0 Å². The number of hydrogen-bond donors (Lipinski definition) is 1. The van der Waals surface area contributed by atoms with Gasteiger partial charge in [0, 0.05) is 36.9 Å². The summed E-state index contributed by atoms with van der Waals surface area (Å²) in [6, 6.07) is 0.219. The van der Waals surface area contributed by atoms with Gasteiger partial charge < -0.3 is 10.0 Å². The minimum atomic E-state index is -0.806. The zero-order chi connectivity index (χ0) is 20.1. The maximum absolute atomic E-state index is 12.9. The fourth-order valence-corrected chi connectivity index (χ4v) is 3.89. The van der Waals surface area contributed by atoms with Crippen LogP contribution in [0.1, 0.15) is 50.1 Å². The van der Waals surface area contributed by atoms with E-state index in [-0.39, 0.29) is 18.5 Å². The van der Waals surface area contributed by atoms with Crippen molar-refractivity contribution >= 4 is 11.9 Å². The number of carbonyl (C=O) groups excluding carboxylic acids is 1. The Labute approximate surface area is 162 Å². The number of carboxylic acid groups (broad SMARTS) is 1. The Kier molecular flexibility index (Phi) is 7.41. The largest absolute Gasteiger partial charge is 0.480 e. The van der Waals surface area contributed by atoms with Crippen molar-refractivity contribution in [2.75, 3.05) is 26.7 Å². The number of aromatic nitrogens is 2. The third-order valence-corrected chi connectivity index (χ3v) is 5.46. The van der Waals surface area contributed by atoms with Crippen molar-refractivity contribution in [1.29, 1.82) is 0 Å². The van der Waals surface area contributed by atoms with E-state index in [4.69, 9.17) is 5.11 Å². The van der Waals surface area contributed by atoms with Crippen molar-refractivity contribution in [1.82, 2.24) is 19.6 Å². The summed E-state index contributed by atoms with van der Waals surface area (Å²) >= 11 is 0. The fourth-order valence-electron chi connectivity index (χ4n) is 3.89. The van der Waals surface area contributed by atoms with E-state index in [1.165, 1.54) is 0 Å². The number of nitrogens with zero attached hydrogens (tertiary/aromatic N) is 4. The molecule has 27 heavy (non-hydrogen) atoms. The molecule has 1 aromatic heterocycles. The first-order chi connectivity index (χ1) is 12.7. The van der Waals surface area contributed by atoms with Crippen LogP contribution in [0.2, 0.25) is 0 Å². The molecule has 0 aromatic carbocycles. The number of hydrogen-bond acceptors (Lipinski definition) is 4. The SMILES string of the molecule is Cc1nn(CC(C)C)c(C)c1CC(=O)N1CCCC(N(C)CC(=O)O)CC1. The summed E-state index contributed by atoms with van der Waals surface area (Å²) in [5.41, 5.74) is 3.07. The highest BCUT2D eigenvalue weighted by Crippen LogP contribution is 2.19. The number of aliphatic carboxylic acids is 1. The summed E-state index contributed by atoms with van der Waals surface area (Å²) in [5.74, 6) is -0.150. The number of likely N-dealkylation sites (N-methyl/N-ethyl adjacent to an activating group) is 1. The molecule has 1 aliphatic heterocycles. The number of amides is 1. The van der Waals surface area contributed by atoms with E-state index in [1.807, 2.05) is 35.4 Å². The molecule has 2 heterocycles. The molecule has 0 spiro atoms. The number of rotatable bonds is 7. The fraction of sp³-hybridized carbons (Fsp3) is 0.750. The Balaban J connectivity index is 1.99. The van der Waals surface area contributed by atoms with E-state index < -0.39 is 5.97 Å². The smallest absolute Gasteiger partial charge is 0.317 e. The van der Waals surface area contributed by atoms with Crippen molar-refractivity contribution in [3.8, 4) is 0 Å². The van der Waals surface area contributed by atoms with Gasteiger partial charge in [-0.2, -0.15) is 5.10 Å². The highest BCUT2D eigenvalue weighted by Gasteiger charge is 2.25. The van der Waals surface area contributed by atoms with Crippen LogP contribution in [0.25, 0.3) is 0 Å². The van der Waals surface area contributed by atoms with Crippen LogP contribution in [0.5, 0.6) is 0 Å². The van der Waals surface area contributed by atoms with Crippen molar-refractivity contribution in [2.24, 2.45) is 5.92 Å². The van der Waals surface area contributed by atoms with Crippen LogP contribution in [0.3, 0.4) is 0 Å². The normalized spacial score (nSPS) is 18.2. The van der Waals surface area contributed by atoms with Gasteiger partial charge in [-0.05, 0) is 46.1 Å². The molecule has 1 fully saturated rings. The second-order valence-electron chi connectivity index (χ2n) is 8.18. The molecule has 0 aliphatic carbocycles. The lowest BCUT2D eigenvalue weighted by molar-refractivity contribution is -0.138. The second-order valence-corrected chi connectivity index (χ2v) is 8.18. The van der Waals surface area contributed by atoms with Crippen molar-refractivity contribution in [3.63, 3.8) is 0 Å². The Hall–Kier alpha value is -1.89. The molecule has 2 rings (SSSR count). The van der Waals surface area contributed by atoms with Crippen LogP contribution in [-0.4, -0.2) is 69.3 Å². The molecule has 1 amide bonds. The first-order valence-corrected chi connectivity index (χ1v) is 9.91. The molecule has 0 bridgehead atoms. The molecular formula is C20H34N4O3. The number of aryl methyl sites for hydroxylation is 1. The summed E-state index contributed by atoms with van der Waals surface area (Å²) in [7, 11) is 1.85. The van der Waals surface area contributed by atoms with Gasteiger partial charge in [-0.1, -0.05) is 13.8 Å². The molecule has 1 aliphatic rings. The van der Waals surface area contributed by atoms with E-state index in [9.17, 15) is 9.59 Å². The zero-order valence-electron chi connectivity index (χ0n) is 17.4. The van der Waals surface area contributed by atoms with Crippen LogP contribution < -0.4 is 0 Å².